The number of benzene rings is 2. The Labute approximate surface area is 210 Å². The number of halogens is 1. The molecule has 12 heteroatoms. The minimum atomic E-state index is -0.918. The van der Waals surface area contributed by atoms with Crippen LogP contribution in [0.4, 0.5) is 10.1 Å². The van der Waals surface area contributed by atoms with Crippen LogP contribution in [0.2, 0.25) is 0 Å². The number of nitrogens with zero attached hydrogens (tertiary/aromatic N) is 5. The average Bonchev–Trinajstić information content (AvgIpc) is 3.49. The molecule has 0 amide bonds. The van der Waals surface area contributed by atoms with Crippen molar-refractivity contribution in [1.29, 1.82) is 0 Å². The Morgan fingerprint density at radius 1 is 1.27 bits per heavy atom. The molecule has 0 aliphatic carbocycles. The number of aryl methyl sites for hydroxylation is 1. The van der Waals surface area contributed by atoms with Gasteiger partial charge in [0.1, 0.15) is 18.5 Å². The lowest BCUT2D eigenvalue weighted by molar-refractivity contribution is 0.196. The average molecular weight is 505 g/mol. The van der Waals surface area contributed by atoms with Gasteiger partial charge in [0.05, 0.1) is 13.2 Å². The molecular formula is C25H25FN8O3. The van der Waals surface area contributed by atoms with Gasteiger partial charge in [0.15, 0.2) is 17.4 Å². The number of nitrogens with one attached hydrogen (secondary N) is 2. The molecule has 0 bridgehead atoms. The second-order valence-corrected chi connectivity index (χ2v) is 8.35. The van der Waals surface area contributed by atoms with Crippen molar-refractivity contribution >= 4 is 11.5 Å². The van der Waals surface area contributed by atoms with Gasteiger partial charge in [-0.2, -0.15) is 0 Å². The topological polar surface area (TPSA) is 156 Å². The number of aliphatic imine (C=N–C) groups is 1. The molecule has 0 saturated heterocycles. The number of aliphatic hydroxyl groups is 1. The highest BCUT2D eigenvalue weighted by Gasteiger charge is 2.27. The molecule has 5 rings (SSSR count). The molecule has 2 aromatic heterocycles. The van der Waals surface area contributed by atoms with Gasteiger partial charge in [-0.05, 0) is 47.9 Å². The summed E-state index contributed by atoms with van der Waals surface area (Å²) in [6, 6.07) is 9.53. The number of hydrogen-bond acceptors (Lipinski definition) is 9. The fourth-order valence-corrected chi connectivity index (χ4v) is 4.14. The molecule has 0 spiro atoms. The molecule has 2 aromatic carbocycles. The van der Waals surface area contributed by atoms with Crippen molar-refractivity contribution in [3.8, 4) is 11.7 Å². The lowest BCUT2D eigenvalue weighted by atomic mass is 9.99. The quantitative estimate of drug-likeness (QED) is 0.269. The minimum Gasteiger partial charge on any atom is -0.488 e. The summed E-state index contributed by atoms with van der Waals surface area (Å²) < 4.78 is 22.3. The van der Waals surface area contributed by atoms with Gasteiger partial charge in [-0.3, -0.25) is 9.98 Å². The molecule has 190 valence electrons. The lowest BCUT2D eigenvalue weighted by Gasteiger charge is -2.21. The van der Waals surface area contributed by atoms with Gasteiger partial charge in [0.25, 0.3) is 5.95 Å². The lowest BCUT2D eigenvalue weighted by Crippen LogP contribution is -2.18. The van der Waals surface area contributed by atoms with Gasteiger partial charge in [0.2, 0.25) is 0 Å². The molecule has 5 N–H and O–H groups in total. The van der Waals surface area contributed by atoms with Crippen LogP contribution in [-0.4, -0.2) is 48.9 Å². The number of anilines is 1. The van der Waals surface area contributed by atoms with Gasteiger partial charge >= 0.3 is 5.69 Å². The zero-order valence-corrected chi connectivity index (χ0v) is 20.0. The number of amidine groups is 1. The number of aromatic amines is 1. The Morgan fingerprint density at radius 2 is 2.08 bits per heavy atom. The van der Waals surface area contributed by atoms with Crippen molar-refractivity contribution in [3.63, 3.8) is 0 Å². The summed E-state index contributed by atoms with van der Waals surface area (Å²) in [6.45, 7) is 2.05. The molecule has 1 atom stereocenters. The molecule has 0 radical (unpaired) electrons. The summed E-state index contributed by atoms with van der Waals surface area (Å²) in [5.41, 5.74) is 8.80. The Kier molecular flexibility index (Phi) is 6.64. The van der Waals surface area contributed by atoms with E-state index < -0.39 is 17.5 Å². The molecule has 11 nitrogen and oxygen atoms in total. The third-order valence-electron chi connectivity index (χ3n) is 5.96. The van der Waals surface area contributed by atoms with Crippen LogP contribution in [0.15, 0.2) is 58.6 Å². The summed E-state index contributed by atoms with van der Waals surface area (Å²) in [7, 11) is 0. The molecule has 3 heterocycles. The Hall–Kier alpha value is -4.58. The van der Waals surface area contributed by atoms with Crippen LogP contribution >= 0.6 is 0 Å². The first-order chi connectivity index (χ1) is 18.0. The monoisotopic (exact) mass is 504 g/mol. The predicted molar refractivity (Wildman–Crippen MR) is 134 cm³/mol. The number of hydrogen-bond donors (Lipinski definition) is 4. The third-order valence-corrected chi connectivity index (χ3v) is 5.96. The Bertz CT molecular complexity index is 1520. The van der Waals surface area contributed by atoms with E-state index in [1.807, 2.05) is 19.1 Å². The highest BCUT2D eigenvalue weighted by Crippen LogP contribution is 2.33. The third kappa shape index (κ3) is 4.78. The van der Waals surface area contributed by atoms with Crippen LogP contribution in [0.5, 0.6) is 5.75 Å². The van der Waals surface area contributed by atoms with Gasteiger partial charge in [-0.25, -0.2) is 19.2 Å². The normalized spacial score (nSPS) is 13.2. The van der Waals surface area contributed by atoms with Crippen LogP contribution < -0.4 is 21.5 Å². The van der Waals surface area contributed by atoms with Crippen molar-refractivity contribution in [2.24, 2.45) is 10.7 Å². The maximum Gasteiger partial charge on any atom is 0.350 e. The van der Waals surface area contributed by atoms with Crippen molar-refractivity contribution in [2.45, 2.75) is 25.9 Å². The number of rotatable bonds is 9. The van der Waals surface area contributed by atoms with E-state index in [4.69, 9.17) is 10.5 Å². The standard InChI is InChI=1S/C25H25FN8O3/c1-2-14-10-18(20(26)19(11-14)37-9-8-35)21(31-16-4-5-17-15(12-16)13-30-22(17)27)23-32-25(36)34(33-23)24-28-6-3-7-29-24/h3-7,10-12,21,31,35H,2,8-9,13H2,1H3,(H2,27,30)(H,32,33,36). The SMILES string of the molecule is CCc1cc(OCCO)c(F)c(C(Nc2ccc3c(c2)CN=C3N)c2nn(-c3ncccn3)c(=O)[nH]2)c1. The Morgan fingerprint density at radius 3 is 2.84 bits per heavy atom. The summed E-state index contributed by atoms with van der Waals surface area (Å²) in [4.78, 5) is 27.9. The van der Waals surface area contributed by atoms with E-state index in [-0.39, 0.29) is 36.3 Å². The molecule has 37 heavy (non-hydrogen) atoms. The van der Waals surface area contributed by atoms with Crippen molar-refractivity contribution in [2.75, 3.05) is 18.5 Å². The Balaban J connectivity index is 1.62. The van der Waals surface area contributed by atoms with Crippen molar-refractivity contribution in [3.05, 3.63) is 93.2 Å². The largest absolute Gasteiger partial charge is 0.488 e. The number of nitrogens with two attached hydrogens (primary N) is 1. The van der Waals surface area contributed by atoms with Crippen molar-refractivity contribution in [1.82, 2.24) is 24.7 Å². The fraction of sp³-hybridized carbons (Fsp3) is 0.240. The van der Waals surface area contributed by atoms with E-state index in [0.717, 1.165) is 21.4 Å². The maximum atomic E-state index is 15.8. The smallest absolute Gasteiger partial charge is 0.350 e. The van der Waals surface area contributed by atoms with Gasteiger partial charge < -0.3 is 20.9 Å². The second-order valence-electron chi connectivity index (χ2n) is 8.35. The first-order valence-corrected chi connectivity index (χ1v) is 11.7. The van der Waals surface area contributed by atoms with Crippen molar-refractivity contribution < 1.29 is 14.2 Å². The van der Waals surface area contributed by atoms with E-state index in [1.54, 1.807) is 24.3 Å². The first kappa shape index (κ1) is 24.1. The maximum absolute atomic E-state index is 15.8. The number of ether oxygens (including phenoxy) is 1. The molecule has 0 saturated carbocycles. The van der Waals surface area contributed by atoms with E-state index in [1.165, 1.54) is 12.4 Å². The van der Waals surface area contributed by atoms with Crippen LogP contribution in [0.3, 0.4) is 0 Å². The highest BCUT2D eigenvalue weighted by molar-refractivity contribution is 6.01. The van der Waals surface area contributed by atoms with E-state index in [9.17, 15) is 9.90 Å². The number of H-pyrrole nitrogens is 1. The summed E-state index contributed by atoms with van der Waals surface area (Å²) in [5, 5.41) is 16.9. The van der Waals surface area contributed by atoms with Crippen LogP contribution in [0.1, 0.15) is 41.0 Å². The highest BCUT2D eigenvalue weighted by atomic mass is 19.1. The fourth-order valence-electron chi connectivity index (χ4n) is 4.14. The van der Waals surface area contributed by atoms with Gasteiger partial charge in [-0.1, -0.05) is 13.0 Å². The summed E-state index contributed by atoms with van der Waals surface area (Å²) in [5.74, 6) is 0.0563. The van der Waals surface area contributed by atoms with E-state index in [0.29, 0.717) is 24.5 Å². The van der Waals surface area contributed by atoms with Crippen LogP contribution in [0, 0.1) is 5.82 Å². The van der Waals surface area contributed by atoms with Gasteiger partial charge in [0, 0.05) is 29.2 Å². The molecule has 4 aromatic rings. The van der Waals surface area contributed by atoms with E-state index >= 15 is 4.39 Å². The van der Waals surface area contributed by atoms with Crippen LogP contribution in [-0.2, 0) is 13.0 Å². The minimum absolute atomic E-state index is 0.00139. The zero-order valence-electron chi connectivity index (χ0n) is 20.0. The number of fused-ring (bicyclic) bond motifs is 1. The molecule has 1 aliphatic rings. The molecule has 1 unspecified atom stereocenters. The molecular weight excluding hydrogens is 479 g/mol. The first-order valence-electron chi connectivity index (χ1n) is 11.7. The molecule has 0 fully saturated rings. The number of aromatic nitrogens is 5. The summed E-state index contributed by atoms with van der Waals surface area (Å²) in [6.07, 6.45) is 3.59. The van der Waals surface area contributed by atoms with E-state index in [2.05, 4.69) is 30.4 Å². The van der Waals surface area contributed by atoms with Crippen LogP contribution in [0.25, 0.3) is 5.95 Å². The summed E-state index contributed by atoms with van der Waals surface area (Å²) >= 11 is 0. The second kappa shape index (κ2) is 10.2. The molecule has 1 aliphatic heterocycles. The predicted octanol–water partition coefficient (Wildman–Crippen LogP) is 1.84. The number of aliphatic hydroxyl groups excluding tert-OH is 1. The zero-order chi connectivity index (χ0) is 25.9. The van der Waals surface area contributed by atoms with Gasteiger partial charge in [-0.15, -0.1) is 9.78 Å².